The Morgan fingerprint density at radius 1 is 1.10 bits per heavy atom. The Morgan fingerprint density at radius 2 is 1.70 bits per heavy atom. The summed E-state index contributed by atoms with van der Waals surface area (Å²) in [5.74, 6) is -0.167. The largest absolute Gasteiger partial charge is 0.348 e. The maximum atomic E-state index is 11.9. The normalized spacial score (nSPS) is 10.1. The first-order chi connectivity index (χ1) is 9.56. The minimum atomic E-state index is -0.450. The third-order valence-electron chi connectivity index (χ3n) is 2.71. The van der Waals surface area contributed by atoms with Gasteiger partial charge < -0.3 is 5.32 Å². The highest BCUT2D eigenvalue weighted by molar-refractivity contribution is 14.1. The van der Waals surface area contributed by atoms with Gasteiger partial charge in [0.15, 0.2) is 0 Å². The summed E-state index contributed by atoms with van der Waals surface area (Å²) in [5.41, 5.74) is 1.44. The summed E-state index contributed by atoms with van der Waals surface area (Å²) in [5, 5.41) is 13.3. The number of carbonyl (C=O) groups excluding carboxylic acids is 1. The zero-order chi connectivity index (χ0) is 14.5. The molecule has 0 atom stereocenters. The maximum absolute atomic E-state index is 11.9. The van der Waals surface area contributed by atoms with Crippen molar-refractivity contribution in [3.8, 4) is 0 Å². The fraction of sp³-hybridized carbons (Fsp3) is 0.0714. The van der Waals surface area contributed by atoms with E-state index in [9.17, 15) is 14.9 Å². The van der Waals surface area contributed by atoms with Crippen LogP contribution in [0.1, 0.15) is 15.9 Å². The van der Waals surface area contributed by atoms with Crippen molar-refractivity contribution in [1.82, 2.24) is 5.32 Å². The molecule has 0 fully saturated rings. The van der Waals surface area contributed by atoms with Crippen LogP contribution in [0.4, 0.5) is 5.69 Å². The van der Waals surface area contributed by atoms with Crippen LogP contribution in [0.2, 0.25) is 0 Å². The number of halogens is 1. The Hall–Kier alpha value is -1.96. The predicted molar refractivity (Wildman–Crippen MR) is 83.4 cm³/mol. The molecule has 0 aliphatic heterocycles. The second kappa shape index (κ2) is 6.47. The summed E-state index contributed by atoms with van der Waals surface area (Å²) in [6.45, 7) is 0.336. The van der Waals surface area contributed by atoms with E-state index in [-0.39, 0.29) is 11.6 Å². The lowest BCUT2D eigenvalue weighted by Crippen LogP contribution is -2.22. The molecule has 1 N–H and O–H groups in total. The van der Waals surface area contributed by atoms with Crippen LogP contribution in [0.15, 0.2) is 48.5 Å². The summed E-state index contributed by atoms with van der Waals surface area (Å²) >= 11 is 2.17. The molecule has 2 aromatic rings. The molecule has 0 saturated carbocycles. The van der Waals surface area contributed by atoms with E-state index in [1.54, 1.807) is 24.3 Å². The van der Waals surface area contributed by atoms with Gasteiger partial charge in [0.05, 0.1) is 4.92 Å². The van der Waals surface area contributed by atoms with Crippen molar-refractivity contribution in [2.45, 2.75) is 6.54 Å². The summed E-state index contributed by atoms with van der Waals surface area (Å²) in [7, 11) is 0. The fourth-order valence-electron chi connectivity index (χ4n) is 1.62. The molecule has 0 aliphatic carbocycles. The van der Waals surface area contributed by atoms with Gasteiger partial charge in [-0.2, -0.15) is 0 Å². The van der Waals surface area contributed by atoms with E-state index in [0.717, 1.165) is 9.13 Å². The van der Waals surface area contributed by atoms with Crippen LogP contribution in [0.25, 0.3) is 0 Å². The molecule has 0 aromatic heterocycles. The van der Waals surface area contributed by atoms with Crippen molar-refractivity contribution in [1.29, 1.82) is 0 Å². The molecule has 0 aliphatic rings. The molecular weight excluding hydrogens is 371 g/mol. The van der Waals surface area contributed by atoms with Crippen LogP contribution in [0.3, 0.4) is 0 Å². The molecule has 0 spiro atoms. The molecule has 0 unspecified atom stereocenters. The van der Waals surface area contributed by atoms with Crippen LogP contribution in [0.5, 0.6) is 0 Å². The van der Waals surface area contributed by atoms with E-state index in [4.69, 9.17) is 0 Å². The zero-order valence-electron chi connectivity index (χ0n) is 10.4. The maximum Gasteiger partial charge on any atom is 0.269 e. The molecule has 0 radical (unpaired) electrons. The number of carbonyl (C=O) groups is 1. The van der Waals surface area contributed by atoms with Crippen LogP contribution in [-0.4, -0.2) is 10.8 Å². The number of non-ortho nitro benzene ring substituents is 1. The van der Waals surface area contributed by atoms with Crippen molar-refractivity contribution in [3.63, 3.8) is 0 Å². The van der Waals surface area contributed by atoms with Gasteiger partial charge in [-0.1, -0.05) is 12.1 Å². The first-order valence-electron chi connectivity index (χ1n) is 5.83. The molecule has 2 rings (SSSR count). The Kier molecular flexibility index (Phi) is 4.67. The van der Waals surface area contributed by atoms with E-state index >= 15 is 0 Å². The molecule has 20 heavy (non-hydrogen) atoms. The number of hydrogen-bond donors (Lipinski definition) is 1. The van der Waals surface area contributed by atoms with Gasteiger partial charge in [-0.05, 0) is 52.4 Å². The van der Waals surface area contributed by atoms with E-state index in [1.807, 2.05) is 12.1 Å². The molecular formula is C14H11IN2O3. The topological polar surface area (TPSA) is 72.2 Å². The third kappa shape index (κ3) is 3.77. The Morgan fingerprint density at radius 3 is 2.25 bits per heavy atom. The highest BCUT2D eigenvalue weighted by Gasteiger charge is 2.06. The number of amides is 1. The Balaban J connectivity index is 1.96. The third-order valence-corrected chi connectivity index (χ3v) is 3.43. The summed E-state index contributed by atoms with van der Waals surface area (Å²) < 4.78 is 1.06. The van der Waals surface area contributed by atoms with Crippen molar-refractivity contribution in [2.75, 3.05) is 0 Å². The molecule has 2 aromatic carbocycles. The zero-order valence-corrected chi connectivity index (χ0v) is 12.5. The smallest absolute Gasteiger partial charge is 0.269 e. The second-order valence-corrected chi connectivity index (χ2v) is 5.36. The lowest BCUT2D eigenvalue weighted by Gasteiger charge is -2.05. The van der Waals surface area contributed by atoms with Gasteiger partial charge in [-0.3, -0.25) is 14.9 Å². The van der Waals surface area contributed by atoms with Gasteiger partial charge in [0.25, 0.3) is 11.6 Å². The van der Waals surface area contributed by atoms with Crippen molar-refractivity contribution in [3.05, 3.63) is 73.3 Å². The van der Waals surface area contributed by atoms with Crippen molar-refractivity contribution in [2.24, 2.45) is 0 Å². The molecule has 0 bridgehead atoms. The molecule has 102 valence electrons. The summed E-state index contributed by atoms with van der Waals surface area (Å²) in [4.78, 5) is 22.0. The number of nitro groups is 1. The number of nitrogens with one attached hydrogen (secondary N) is 1. The van der Waals surface area contributed by atoms with Gasteiger partial charge in [0.1, 0.15) is 0 Å². The quantitative estimate of drug-likeness (QED) is 0.502. The van der Waals surface area contributed by atoms with Gasteiger partial charge in [0.2, 0.25) is 0 Å². The van der Waals surface area contributed by atoms with Gasteiger partial charge in [-0.25, -0.2) is 0 Å². The van der Waals surface area contributed by atoms with Crippen molar-refractivity contribution >= 4 is 34.2 Å². The van der Waals surface area contributed by atoms with E-state index in [2.05, 4.69) is 27.9 Å². The first-order valence-corrected chi connectivity index (χ1v) is 6.91. The molecule has 0 saturated heterocycles. The molecule has 6 heteroatoms. The number of rotatable bonds is 4. The van der Waals surface area contributed by atoms with Crippen molar-refractivity contribution < 1.29 is 9.72 Å². The number of nitrogens with zero attached hydrogens (tertiary/aromatic N) is 1. The lowest BCUT2D eigenvalue weighted by atomic mass is 10.2. The minimum absolute atomic E-state index is 0.0395. The van der Waals surface area contributed by atoms with Crippen LogP contribution < -0.4 is 5.32 Å². The predicted octanol–water partition coefficient (Wildman–Crippen LogP) is 3.13. The van der Waals surface area contributed by atoms with E-state index in [1.165, 1.54) is 12.1 Å². The number of nitro benzene ring substituents is 1. The van der Waals surface area contributed by atoms with Gasteiger partial charge in [0, 0.05) is 27.8 Å². The summed E-state index contributed by atoms with van der Waals surface area (Å²) in [6, 6.07) is 13.3. The monoisotopic (exact) mass is 382 g/mol. The molecule has 1 amide bonds. The average Bonchev–Trinajstić information content (AvgIpc) is 2.46. The standard InChI is InChI=1S/C14H11IN2O3/c15-12-5-3-11(4-6-12)14(18)16-9-10-1-7-13(8-2-10)17(19)20/h1-8H,9H2,(H,16,18). The Bertz CT molecular complexity index is 624. The van der Waals surface area contributed by atoms with Crippen LogP contribution in [0, 0.1) is 13.7 Å². The number of hydrogen-bond acceptors (Lipinski definition) is 3. The van der Waals surface area contributed by atoms with Crippen LogP contribution in [-0.2, 0) is 6.54 Å². The Labute approximate surface area is 129 Å². The summed E-state index contributed by atoms with van der Waals surface area (Å²) in [6.07, 6.45) is 0. The average molecular weight is 382 g/mol. The SMILES string of the molecule is O=C(NCc1ccc([N+](=O)[O-])cc1)c1ccc(I)cc1. The lowest BCUT2D eigenvalue weighted by molar-refractivity contribution is -0.384. The highest BCUT2D eigenvalue weighted by Crippen LogP contribution is 2.12. The second-order valence-electron chi connectivity index (χ2n) is 4.11. The van der Waals surface area contributed by atoms with E-state index < -0.39 is 4.92 Å². The van der Waals surface area contributed by atoms with Gasteiger partial charge in [-0.15, -0.1) is 0 Å². The number of benzene rings is 2. The van der Waals surface area contributed by atoms with Gasteiger partial charge >= 0.3 is 0 Å². The van der Waals surface area contributed by atoms with E-state index in [0.29, 0.717) is 12.1 Å². The minimum Gasteiger partial charge on any atom is -0.348 e. The molecule has 5 nitrogen and oxygen atoms in total. The highest BCUT2D eigenvalue weighted by atomic mass is 127. The fourth-order valence-corrected chi connectivity index (χ4v) is 1.98. The first kappa shape index (κ1) is 14.4. The molecule has 0 heterocycles. The van der Waals surface area contributed by atoms with Crippen LogP contribution >= 0.6 is 22.6 Å².